The molecule has 1 saturated carbocycles. The summed E-state index contributed by atoms with van der Waals surface area (Å²) in [4.78, 5) is 0. The number of hydrogen-bond acceptors (Lipinski definition) is 3. The molecule has 0 radical (unpaired) electrons. The molecule has 2 atom stereocenters. The van der Waals surface area contributed by atoms with Gasteiger partial charge >= 0.3 is 0 Å². The van der Waals surface area contributed by atoms with Gasteiger partial charge in [-0.25, -0.2) is 8.42 Å². The van der Waals surface area contributed by atoms with Crippen molar-refractivity contribution in [3.63, 3.8) is 0 Å². The minimum absolute atomic E-state index is 0.238. The third kappa shape index (κ3) is 3.24. The molecule has 0 aromatic rings. The molecular formula is C10H21NO2S. The molecule has 0 spiro atoms. The zero-order chi connectivity index (χ0) is 10.8. The summed E-state index contributed by atoms with van der Waals surface area (Å²) in [6.07, 6.45) is 3.98. The molecule has 1 rings (SSSR count). The molecule has 1 aliphatic carbocycles. The maximum absolute atomic E-state index is 11.5. The quantitative estimate of drug-likeness (QED) is 0.776. The van der Waals surface area contributed by atoms with Gasteiger partial charge in [0.05, 0.1) is 11.0 Å². The van der Waals surface area contributed by atoms with Crippen molar-refractivity contribution >= 4 is 9.84 Å². The smallest absolute Gasteiger partial charge is 0.152 e. The molecular weight excluding hydrogens is 198 g/mol. The lowest BCUT2D eigenvalue weighted by Gasteiger charge is -2.11. The van der Waals surface area contributed by atoms with Crippen molar-refractivity contribution in [3.05, 3.63) is 0 Å². The van der Waals surface area contributed by atoms with Crippen LogP contribution in [0.1, 0.15) is 39.5 Å². The Morgan fingerprint density at radius 1 is 1.36 bits per heavy atom. The monoisotopic (exact) mass is 219 g/mol. The van der Waals surface area contributed by atoms with E-state index in [0.29, 0.717) is 17.7 Å². The van der Waals surface area contributed by atoms with Gasteiger partial charge in [0.15, 0.2) is 9.84 Å². The summed E-state index contributed by atoms with van der Waals surface area (Å²) in [6.45, 7) is 3.49. The van der Waals surface area contributed by atoms with Gasteiger partial charge in [0.2, 0.25) is 0 Å². The molecule has 4 heteroatoms. The number of nitrogens with two attached hydrogens (primary N) is 1. The van der Waals surface area contributed by atoms with Gasteiger partial charge < -0.3 is 5.73 Å². The van der Waals surface area contributed by atoms with Crippen LogP contribution in [0.2, 0.25) is 0 Å². The van der Waals surface area contributed by atoms with Crippen LogP contribution in [0.25, 0.3) is 0 Å². The van der Waals surface area contributed by atoms with Crippen molar-refractivity contribution in [2.75, 3.05) is 5.75 Å². The number of hydrogen-bond donors (Lipinski definition) is 1. The van der Waals surface area contributed by atoms with Crippen molar-refractivity contribution in [2.24, 2.45) is 11.7 Å². The largest absolute Gasteiger partial charge is 0.328 e. The van der Waals surface area contributed by atoms with Crippen LogP contribution in [0.5, 0.6) is 0 Å². The molecule has 3 nitrogen and oxygen atoms in total. The van der Waals surface area contributed by atoms with Gasteiger partial charge in [0, 0.05) is 6.04 Å². The molecule has 0 bridgehead atoms. The molecule has 84 valence electrons. The maximum atomic E-state index is 11.5. The Kier molecular flexibility index (Phi) is 3.95. The van der Waals surface area contributed by atoms with Gasteiger partial charge in [-0.2, -0.15) is 0 Å². The van der Waals surface area contributed by atoms with E-state index in [1.165, 1.54) is 0 Å². The third-order valence-corrected chi connectivity index (χ3v) is 5.35. The lowest BCUT2D eigenvalue weighted by molar-refractivity contribution is 0.511. The fourth-order valence-corrected chi connectivity index (χ4v) is 3.08. The minimum Gasteiger partial charge on any atom is -0.328 e. The number of rotatable bonds is 4. The van der Waals surface area contributed by atoms with Crippen LogP contribution in [-0.4, -0.2) is 25.5 Å². The standard InChI is InChI=1S/C10H21NO2S/c1-8(2)14(12,13)6-5-9-3-4-10(11)7-9/h8-10H,3-7,11H2,1-2H3. The van der Waals surface area contributed by atoms with Crippen molar-refractivity contribution in [1.29, 1.82) is 0 Å². The summed E-state index contributed by atoms with van der Waals surface area (Å²) >= 11 is 0. The second kappa shape index (κ2) is 4.62. The van der Waals surface area contributed by atoms with Crippen molar-refractivity contribution < 1.29 is 8.42 Å². The predicted molar refractivity (Wildman–Crippen MR) is 58.9 cm³/mol. The Morgan fingerprint density at radius 3 is 2.43 bits per heavy atom. The number of sulfone groups is 1. The van der Waals surface area contributed by atoms with E-state index in [2.05, 4.69) is 0 Å². The summed E-state index contributed by atoms with van der Waals surface area (Å²) < 4.78 is 23.1. The van der Waals surface area contributed by atoms with Gasteiger partial charge in [0.25, 0.3) is 0 Å². The highest BCUT2D eigenvalue weighted by Crippen LogP contribution is 2.27. The lowest BCUT2D eigenvalue weighted by atomic mass is 10.1. The summed E-state index contributed by atoms with van der Waals surface area (Å²) in [5, 5.41) is -0.238. The van der Waals surface area contributed by atoms with Crippen LogP contribution < -0.4 is 5.73 Å². The fraction of sp³-hybridized carbons (Fsp3) is 1.00. The van der Waals surface area contributed by atoms with E-state index in [4.69, 9.17) is 5.73 Å². The van der Waals surface area contributed by atoms with E-state index in [0.717, 1.165) is 25.7 Å². The van der Waals surface area contributed by atoms with E-state index >= 15 is 0 Å². The summed E-state index contributed by atoms with van der Waals surface area (Å²) in [5.74, 6) is 0.876. The van der Waals surface area contributed by atoms with Crippen molar-refractivity contribution in [2.45, 2.75) is 50.8 Å². The van der Waals surface area contributed by atoms with Gasteiger partial charge in [0.1, 0.15) is 0 Å². The van der Waals surface area contributed by atoms with Crippen molar-refractivity contribution in [3.8, 4) is 0 Å². The fourth-order valence-electron chi connectivity index (χ4n) is 1.94. The molecule has 0 saturated heterocycles. The van der Waals surface area contributed by atoms with E-state index in [1.807, 2.05) is 0 Å². The molecule has 0 aliphatic heterocycles. The van der Waals surface area contributed by atoms with Gasteiger partial charge in [-0.05, 0) is 45.4 Å². The second-order valence-corrected chi connectivity index (χ2v) is 7.32. The highest BCUT2D eigenvalue weighted by molar-refractivity contribution is 7.91. The highest BCUT2D eigenvalue weighted by Gasteiger charge is 2.24. The Hall–Kier alpha value is -0.0900. The first-order chi connectivity index (χ1) is 6.42. The van der Waals surface area contributed by atoms with Crippen LogP contribution in [-0.2, 0) is 9.84 Å². The summed E-state index contributed by atoms with van der Waals surface area (Å²) in [5.41, 5.74) is 5.77. The van der Waals surface area contributed by atoms with Crippen LogP contribution in [0.15, 0.2) is 0 Å². The first-order valence-corrected chi connectivity index (χ1v) is 7.10. The van der Waals surface area contributed by atoms with E-state index < -0.39 is 9.84 Å². The minimum atomic E-state index is -2.84. The molecule has 0 aromatic carbocycles. The highest BCUT2D eigenvalue weighted by atomic mass is 32.2. The van der Waals surface area contributed by atoms with E-state index in [-0.39, 0.29) is 5.25 Å². The Labute approximate surface area is 87.0 Å². The molecule has 2 unspecified atom stereocenters. The molecule has 1 aliphatic rings. The first-order valence-electron chi connectivity index (χ1n) is 5.39. The van der Waals surface area contributed by atoms with Crippen LogP contribution in [0.4, 0.5) is 0 Å². The van der Waals surface area contributed by atoms with Gasteiger partial charge in [-0.1, -0.05) is 0 Å². The first kappa shape index (κ1) is 12.0. The molecule has 0 heterocycles. The van der Waals surface area contributed by atoms with E-state index in [1.54, 1.807) is 13.8 Å². The molecule has 14 heavy (non-hydrogen) atoms. The average molecular weight is 219 g/mol. The normalized spacial score (nSPS) is 28.6. The molecule has 1 fully saturated rings. The van der Waals surface area contributed by atoms with Crippen LogP contribution in [0.3, 0.4) is 0 Å². The molecule has 2 N–H and O–H groups in total. The summed E-state index contributed by atoms with van der Waals surface area (Å²) in [6, 6.07) is 0.307. The SMILES string of the molecule is CC(C)S(=O)(=O)CCC1CCC(N)C1. The zero-order valence-electron chi connectivity index (χ0n) is 9.07. The van der Waals surface area contributed by atoms with Crippen LogP contribution in [0, 0.1) is 5.92 Å². The Balaban J connectivity index is 2.34. The predicted octanol–water partition coefficient (Wildman–Crippen LogP) is 1.33. The third-order valence-electron chi connectivity index (χ3n) is 3.11. The molecule has 0 amide bonds. The zero-order valence-corrected chi connectivity index (χ0v) is 9.89. The van der Waals surface area contributed by atoms with Gasteiger partial charge in [-0.3, -0.25) is 0 Å². The van der Waals surface area contributed by atoms with Gasteiger partial charge in [-0.15, -0.1) is 0 Å². The van der Waals surface area contributed by atoms with Crippen molar-refractivity contribution in [1.82, 2.24) is 0 Å². The molecule has 0 aromatic heterocycles. The maximum Gasteiger partial charge on any atom is 0.152 e. The summed E-state index contributed by atoms with van der Waals surface area (Å²) in [7, 11) is -2.84. The lowest BCUT2D eigenvalue weighted by Crippen LogP contribution is -2.20. The van der Waals surface area contributed by atoms with Crippen LogP contribution >= 0.6 is 0 Å². The second-order valence-electron chi connectivity index (χ2n) is 4.64. The topological polar surface area (TPSA) is 60.2 Å². The van der Waals surface area contributed by atoms with E-state index in [9.17, 15) is 8.42 Å². The average Bonchev–Trinajstić information content (AvgIpc) is 2.48. The Bertz CT molecular complexity index is 272. The Morgan fingerprint density at radius 2 is 2.00 bits per heavy atom.